The van der Waals surface area contributed by atoms with E-state index in [4.69, 9.17) is 75.8 Å². The first-order valence-electron chi connectivity index (χ1n) is 29.6. The van der Waals surface area contributed by atoms with Gasteiger partial charge in [0.15, 0.2) is 66.5 Å². The van der Waals surface area contributed by atoms with Crippen molar-refractivity contribution in [3.63, 3.8) is 0 Å². The Morgan fingerprint density at radius 3 is 1.49 bits per heavy atom. The smallest absolute Gasteiger partial charge is 0.338 e. The lowest BCUT2D eigenvalue weighted by Gasteiger charge is -2.51. The molecule has 530 valence electrons. The molecular weight excluding hydrogens is 1290 g/mol. The van der Waals surface area contributed by atoms with Gasteiger partial charge >= 0.3 is 29.8 Å². The van der Waals surface area contributed by atoms with Crippen molar-refractivity contribution in [1.82, 2.24) is 0 Å². The third-order valence-corrected chi connectivity index (χ3v) is 15.8. The number of carbonyl (C=O) groups excluding carboxylic acids is 5. The van der Waals surface area contributed by atoms with Crippen molar-refractivity contribution >= 4 is 42.0 Å². The van der Waals surface area contributed by atoms with Gasteiger partial charge in [0.05, 0.1) is 46.2 Å². The zero-order valence-corrected chi connectivity index (χ0v) is 51.5. The Bertz CT molecular complexity index is 3150. The summed E-state index contributed by atoms with van der Waals surface area (Å²) < 4.78 is 94.5. The first-order valence-corrected chi connectivity index (χ1v) is 29.6. The van der Waals surface area contributed by atoms with Gasteiger partial charge in [0.25, 0.3) is 0 Å². The minimum Gasteiger partial charge on any atom is -0.504 e. The molecule has 0 spiro atoms. The quantitative estimate of drug-likeness (QED) is 0.0203. The van der Waals surface area contributed by atoms with Crippen LogP contribution < -0.4 is 9.47 Å². The molecule has 24 unspecified atom stereocenters. The molecule has 8 rings (SSSR count). The molecule has 24 atom stereocenters. The maximum absolute atomic E-state index is 14.4. The highest BCUT2D eigenvalue weighted by Gasteiger charge is 2.64. The maximum Gasteiger partial charge on any atom is 0.338 e. The number of hydrogen-bond acceptors (Lipinski definition) is 35. The van der Waals surface area contributed by atoms with E-state index in [2.05, 4.69) is 0 Å². The Morgan fingerprint density at radius 1 is 0.479 bits per heavy atom. The van der Waals surface area contributed by atoms with E-state index in [1.807, 2.05) is 0 Å². The SMILES string of the molecule is COc1cc(C=CC(=O)OCC2(OC3OC(CO)C(OC(=O)C=Cc4ccc(O)c(OC)c4)C(OC4OC(COC(C)=O)C(OC(C)=O)C(OC5OC(CO)C(O)C(O)C5O)C4O)C3OC3OC(CO)C(O)C(O)C3O)OC(CO)C(O)C2OC(=O)c2ccccc2)ccc1O. The first-order chi connectivity index (χ1) is 45.8. The highest BCUT2D eigenvalue weighted by molar-refractivity contribution is 5.90. The Labute approximate surface area is 545 Å². The van der Waals surface area contributed by atoms with Crippen molar-refractivity contribution in [3.05, 3.63) is 95.6 Å². The van der Waals surface area contributed by atoms with E-state index in [0.717, 1.165) is 32.1 Å². The van der Waals surface area contributed by atoms with Crippen molar-refractivity contribution in [2.24, 2.45) is 0 Å². The summed E-state index contributed by atoms with van der Waals surface area (Å²) in [6.07, 6.45) is -45.9. The van der Waals surface area contributed by atoms with E-state index in [9.17, 15) is 95.5 Å². The van der Waals surface area contributed by atoms with Gasteiger partial charge < -0.3 is 147 Å². The van der Waals surface area contributed by atoms with Crippen LogP contribution in [0.3, 0.4) is 0 Å². The number of carbonyl (C=O) groups is 5. The molecule has 35 nitrogen and oxygen atoms in total. The molecule has 5 heterocycles. The van der Waals surface area contributed by atoms with Crippen LogP contribution in [0.2, 0.25) is 0 Å². The van der Waals surface area contributed by atoms with Crippen LogP contribution in [-0.4, -0.2) is 302 Å². The number of aromatic hydroxyl groups is 2. The Hall–Kier alpha value is -7.15. The molecule has 5 saturated heterocycles. The number of methoxy groups -OCH3 is 2. The highest BCUT2D eigenvalue weighted by Crippen LogP contribution is 2.43. The summed E-state index contributed by atoms with van der Waals surface area (Å²) in [6.45, 7) is -4.85. The van der Waals surface area contributed by atoms with Crippen LogP contribution in [0.1, 0.15) is 35.3 Å². The van der Waals surface area contributed by atoms with Crippen LogP contribution >= 0.6 is 0 Å². The van der Waals surface area contributed by atoms with Gasteiger partial charge in [-0.3, -0.25) is 9.59 Å². The van der Waals surface area contributed by atoms with Gasteiger partial charge in [0.1, 0.15) is 111 Å². The zero-order chi connectivity index (χ0) is 69.9. The Morgan fingerprint density at radius 2 is 0.969 bits per heavy atom. The third-order valence-electron chi connectivity index (χ3n) is 15.8. The van der Waals surface area contributed by atoms with Crippen molar-refractivity contribution in [2.45, 2.75) is 161 Å². The summed E-state index contributed by atoms with van der Waals surface area (Å²) in [5.74, 6) is -9.47. The second-order valence-electron chi connectivity index (χ2n) is 22.3. The van der Waals surface area contributed by atoms with Gasteiger partial charge in [-0.25, -0.2) is 14.4 Å². The van der Waals surface area contributed by atoms with Crippen molar-refractivity contribution < 1.29 is 171 Å². The number of aliphatic hydroxyl groups excluding tert-OH is 12. The molecule has 0 saturated carbocycles. The predicted octanol–water partition coefficient (Wildman–Crippen LogP) is -4.96. The standard InChI is InChI=1S/C61H76O35/c1-26(66)83-24-39-51(85-27(2)67)52(91-57-47(77)45(75)42(72)35(20-62)86-57)49(79)59(89-39)92-53-50(90-41(71)17-13-29-11-15-32(69)34(19-29)82-4)38(23-65)88-60(54(53)93-58-48(78)46(76)43(73)36(21-63)87-58)96-61(25-84-40(70)16-12-28-10-14-31(68)33(18-28)81-3)55(44(74)37(22-64)95-61)94-56(80)30-8-6-5-7-9-30/h5-19,35-39,42-55,57-60,62-65,68-69,72-79H,20-25H2,1-4H3. The molecule has 3 aromatic carbocycles. The molecule has 14 N–H and O–H groups in total. The zero-order valence-electron chi connectivity index (χ0n) is 51.5. The normalized spacial score (nSPS) is 35.4. The second kappa shape index (κ2) is 33.4. The molecule has 5 aliphatic heterocycles. The summed E-state index contributed by atoms with van der Waals surface area (Å²) >= 11 is 0. The largest absolute Gasteiger partial charge is 0.504 e. The van der Waals surface area contributed by atoms with Gasteiger partial charge in [-0.2, -0.15) is 0 Å². The van der Waals surface area contributed by atoms with Crippen LogP contribution in [0.15, 0.2) is 78.9 Å². The van der Waals surface area contributed by atoms with Crippen LogP contribution in [0.4, 0.5) is 0 Å². The van der Waals surface area contributed by atoms with E-state index < -0.39 is 216 Å². The molecular formula is C61H76O35. The van der Waals surface area contributed by atoms with Crippen LogP contribution in [0.25, 0.3) is 12.2 Å². The molecule has 0 aromatic heterocycles. The van der Waals surface area contributed by atoms with Crippen LogP contribution in [0, 0.1) is 0 Å². The van der Waals surface area contributed by atoms with Crippen LogP contribution in [0.5, 0.6) is 23.0 Å². The molecule has 0 bridgehead atoms. The number of aliphatic hydroxyl groups is 12. The number of phenols is 2. The number of phenolic OH excluding ortho intramolecular Hbond substituents is 2. The summed E-state index contributed by atoms with van der Waals surface area (Å²) in [6, 6.07) is 14.9. The monoisotopic (exact) mass is 1370 g/mol. The van der Waals surface area contributed by atoms with Crippen LogP contribution in [-0.2, 0) is 85.5 Å². The van der Waals surface area contributed by atoms with Gasteiger partial charge in [-0.1, -0.05) is 30.3 Å². The van der Waals surface area contributed by atoms with E-state index in [-0.39, 0.29) is 39.7 Å². The lowest BCUT2D eigenvalue weighted by Crippen LogP contribution is -2.70. The Balaban J connectivity index is 1.30. The maximum atomic E-state index is 14.4. The summed E-state index contributed by atoms with van der Waals surface area (Å²) in [5, 5.41) is 154. The second-order valence-corrected chi connectivity index (χ2v) is 22.3. The lowest BCUT2D eigenvalue weighted by atomic mass is 9.95. The molecule has 96 heavy (non-hydrogen) atoms. The number of benzene rings is 3. The lowest BCUT2D eigenvalue weighted by molar-refractivity contribution is -0.423. The van der Waals surface area contributed by atoms with Gasteiger partial charge in [-0.05, 0) is 59.7 Å². The molecule has 35 heteroatoms. The molecule has 0 radical (unpaired) electrons. The highest BCUT2D eigenvalue weighted by atomic mass is 16.8. The Kier molecular flexibility index (Phi) is 26.0. The molecule has 3 aromatic rings. The van der Waals surface area contributed by atoms with E-state index in [1.54, 1.807) is 6.07 Å². The van der Waals surface area contributed by atoms with Crippen molar-refractivity contribution in [2.75, 3.05) is 53.9 Å². The fourth-order valence-corrected chi connectivity index (χ4v) is 10.9. The minimum atomic E-state index is -3.02. The third kappa shape index (κ3) is 17.4. The number of esters is 5. The van der Waals surface area contributed by atoms with E-state index in [1.165, 1.54) is 81.0 Å². The van der Waals surface area contributed by atoms with Crippen molar-refractivity contribution in [1.29, 1.82) is 0 Å². The van der Waals surface area contributed by atoms with Gasteiger partial charge in [0, 0.05) is 26.0 Å². The molecule has 5 aliphatic rings. The molecule has 5 fully saturated rings. The van der Waals surface area contributed by atoms with Crippen molar-refractivity contribution in [3.8, 4) is 23.0 Å². The fourth-order valence-electron chi connectivity index (χ4n) is 10.9. The number of rotatable bonds is 26. The molecule has 0 amide bonds. The van der Waals surface area contributed by atoms with Gasteiger partial charge in [-0.15, -0.1) is 0 Å². The average molecular weight is 1370 g/mol. The van der Waals surface area contributed by atoms with E-state index >= 15 is 0 Å². The average Bonchev–Trinajstić information content (AvgIpc) is 1.43. The predicted molar refractivity (Wildman–Crippen MR) is 310 cm³/mol. The van der Waals surface area contributed by atoms with Gasteiger partial charge in [0.2, 0.25) is 5.79 Å². The first kappa shape index (κ1) is 74.6. The fraction of sp³-hybridized carbons (Fsp3) is 0.557. The summed E-state index contributed by atoms with van der Waals surface area (Å²) in [5.41, 5.74) is 0.317. The minimum absolute atomic E-state index is 0.00293. The molecule has 0 aliphatic carbocycles. The number of hydrogen-bond donors (Lipinski definition) is 14. The summed E-state index contributed by atoms with van der Waals surface area (Å²) in [7, 11) is 2.51. The van der Waals surface area contributed by atoms with E-state index in [0.29, 0.717) is 0 Å². The topological polar surface area (TPSA) is 516 Å². The summed E-state index contributed by atoms with van der Waals surface area (Å²) in [4.78, 5) is 67.8. The number of ether oxygens (including phenoxy) is 16.